The van der Waals surface area contributed by atoms with Crippen molar-refractivity contribution < 1.29 is 83.4 Å². The smallest absolute Gasteiger partial charge is 0.218 e. The molecule has 0 saturated carbocycles. The minimum Gasteiger partial charge on any atom is -0.218 e. The molecule has 0 bridgehead atoms. The Hall–Kier alpha value is -1.37. The highest BCUT2D eigenvalue weighted by atomic mass is 19.4. The Balaban J connectivity index is 7.80. The Morgan fingerprint density at radius 2 is 0.607 bits per heavy atom. The lowest BCUT2D eigenvalue weighted by atomic mass is 9.84. The highest BCUT2D eigenvalue weighted by Crippen LogP contribution is 2.65. The molecule has 0 N–H and O–H groups in total. The zero-order valence-corrected chi connectivity index (χ0v) is 11.6. The van der Waals surface area contributed by atoms with Crippen molar-refractivity contribution in [1.29, 1.82) is 0 Å². The van der Waals surface area contributed by atoms with Gasteiger partial charge in [-0.05, 0) is 0 Å². The van der Waals surface area contributed by atoms with E-state index in [0.29, 0.717) is 0 Å². The van der Waals surface area contributed by atoms with Crippen LogP contribution in [0.25, 0.3) is 0 Å². The molecule has 0 radical (unpaired) electrons. The lowest BCUT2D eigenvalue weighted by Gasteiger charge is -2.49. The Kier molecular flexibility index (Phi) is 6.00. The number of hydrogen-bond acceptors (Lipinski definition) is 1. The number of alkyl halides is 19. The van der Waals surface area contributed by atoms with Crippen molar-refractivity contribution in [1.82, 2.24) is 4.90 Å². The number of hydrogen-bond donors (Lipinski definition) is 0. The maximum atomic E-state index is 14.0. The van der Waals surface area contributed by atoms with Crippen LogP contribution in [0, 0.1) is 0 Å². The van der Waals surface area contributed by atoms with Gasteiger partial charge in [-0.3, -0.25) is 0 Å². The molecule has 170 valence electrons. The van der Waals surface area contributed by atoms with E-state index in [4.69, 9.17) is 0 Å². The van der Waals surface area contributed by atoms with E-state index < -0.39 is 53.4 Å². The Bertz CT molecular complexity index is 527. The second-order valence-electron chi connectivity index (χ2n) is 4.62. The molecule has 0 saturated heterocycles. The summed E-state index contributed by atoms with van der Waals surface area (Å²) < 4.78 is 238. The van der Waals surface area contributed by atoms with Crippen molar-refractivity contribution in [2.24, 2.45) is 0 Å². The van der Waals surface area contributed by atoms with Gasteiger partial charge in [-0.15, -0.1) is 0 Å². The molecule has 0 aliphatic rings. The maximum absolute atomic E-state index is 14.0. The van der Waals surface area contributed by atoms with Gasteiger partial charge in [-0.1, -0.05) is 4.90 Å². The van der Waals surface area contributed by atoms with Crippen LogP contribution < -0.4 is 0 Å². The van der Waals surface area contributed by atoms with E-state index in [0.717, 1.165) is 0 Å². The van der Waals surface area contributed by atoms with Crippen LogP contribution in [0.4, 0.5) is 83.4 Å². The topological polar surface area (TPSA) is 3.24 Å². The third kappa shape index (κ3) is 3.62. The molecule has 0 aromatic heterocycles. The SMILES string of the molecule is FC(F)(F)N(C(F)(F)F)C(F)(C(F)(F)C(F)(F)F)C(F)(C(F)(F)F)C(F)(F)F. The van der Waals surface area contributed by atoms with Crippen molar-refractivity contribution in [2.45, 2.75) is 48.5 Å². The van der Waals surface area contributed by atoms with Crippen LogP contribution in [0.5, 0.6) is 0 Å². The first kappa shape index (κ1) is 26.6. The fraction of sp³-hybridized carbons (Fsp3) is 1.00. The second-order valence-corrected chi connectivity index (χ2v) is 4.62. The van der Waals surface area contributed by atoms with E-state index in [1.165, 1.54) is 0 Å². The van der Waals surface area contributed by atoms with Crippen molar-refractivity contribution in [3.8, 4) is 0 Å². The summed E-state index contributed by atoms with van der Waals surface area (Å²) in [5.74, 6) is -18.1. The van der Waals surface area contributed by atoms with E-state index in [9.17, 15) is 83.4 Å². The molecule has 0 fully saturated rings. The van der Waals surface area contributed by atoms with Gasteiger partial charge in [0.15, 0.2) is 0 Å². The summed E-state index contributed by atoms with van der Waals surface area (Å²) in [5.41, 5.74) is -9.04. The minimum absolute atomic E-state index is 5.08. The van der Waals surface area contributed by atoms with Gasteiger partial charge in [0.1, 0.15) is 0 Å². The molecule has 0 amide bonds. The molecule has 1 unspecified atom stereocenters. The first-order valence-corrected chi connectivity index (χ1v) is 5.51. The molecule has 0 spiro atoms. The van der Waals surface area contributed by atoms with E-state index in [1.807, 2.05) is 0 Å². The summed E-state index contributed by atoms with van der Waals surface area (Å²) in [7, 11) is 0. The maximum Gasteiger partial charge on any atom is 0.470 e. The summed E-state index contributed by atoms with van der Waals surface area (Å²) in [6, 6.07) is 0. The van der Waals surface area contributed by atoms with Gasteiger partial charge in [0.25, 0.3) is 0 Å². The molecule has 1 atom stereocenters. The van der Waals surface area contributed by atoms with Crippen LogP contribution in [-0.4, -0.2) is 53.4 Å². The molecule has 0 aliphatic heterocycles. The molecule has 0 aromatic rings. The van der Waals surface area contributed by atoms with Gasteiger partial charge in [-0.25, -0.2) is 8.78 Å². The standard InChI is InChI=1S/C8F19N/c9-1(4(13,14)15,5(16,17)18)3(12,2(10,11)6(19,20)21)28(7(22,23)24)8(25,26)27. The van der Waals surface area contributed by atoms with Crippen LogP contribution in [0.1, 0.15) is 0 Å². The van der Waals surface area contributed by atoms with Crippen LogP contribution in [0.2, 0.25) is 0 Å². The van der Waals surface area contributed by atoms with Crippen molar-refractivity contribution in [3.05, 3.63) is 0 Å². The summed E-state index contributed by atoms with van der Waals surface area (Å²) in [6.45, 7) is 0. The van der Waals surface area contributed by atoms with Gasteiger partial charge in [0, 0.05) is 0 Å². The van der Waals surface area contributed by atoms with Crippen molar-refractivity contribution >= 4 is 0 Å². The number of nitrogens with zero attached hydrogens (tertiary/aromatic N) is 1. The van der Waals surface area contributed by atoms with E-state index in [-0.39, 0.29) is 0 Å². The first-order valence-electron chi connectivity index (χ1n) is 5.51. The zero-order chi connectivity index (χ0) is 23.6. The predicted molar refractivity (Wildman–Crippen MR) is 44.7 cm³/mol. The van der Waals surface area contributed by atoms with Crippen molar-refractivity contribution in [3.63, 3.8) is 0 Å². The van der Waals surface area contributed by atoms with Crippen LogP contribution in [0.15, 0.2) is 0 Å². The Morgan fingerprint density at radius 1 is 0.357 bits per heavy atom. The normalized spacial score (nSPS) is 18.4. The number of rotatable bonds is 3. The van der Waals surface area contributed by atoms with Crippen LogP contribution >= 0.6 is 0 Å². The van der Waals surface area contributed by atoms with Gasteiger partial charge in [0.05, 0.1) is 0 Å². The molecule has 0 aromatic carbocycles. The van der Waals surface area contributed by atoms with Crippen LogP contribution in [-0.2, 0) is 0 Å². The first-order chi connectivity index (χ1) is 11.6. The summed E-state index contributed by atoms with van der Waals surface area (Å²) in [6.07, 6.45) is -41.7. The molecule has 0 heterocycles. The molecule has 0 rings (SSSR count). The minimum atomic E-state index is -9.20. The van der Waals surface area contributed by atoms with E-state index in [1.54, 1.807) is 0 Å². The second kappa shape index (κ2) is 6.31. The fourth-order valence-electron chi connectivity index (χ4n) is 1.73. The third-order valence-electron chi connectivity index (χ3n) is 2.83. The zero-order valence-electron chi connectivity index (χ0n) is 11.6. The monoisotopic (exact) mass is 471 g/mol. The van der Waals surface area contributed by atoms with Crippen LogP contribution in [0.3, 0.4) is 0 Å². The van der Waals surface area contributed by atoms with Gasteiger partial charge < -0.3 is 0 Å². The van der Waals surface area contributed by atoms with Gasteiger partial charge in [0.2, 0.25) is 0 Å². The summed E-state index contributed by atoms with van der Waals surface area (Å²) in [5, 5.41) is 0. The molecular weight excluding hydrogens is 471 g/mol. The van der Waals surface area contributed by atoms with Crippen molar-refractivity contribution in [2.75, 3.05) is 0 Å². The number of halogens is 19. The summed E-state index contributed by atoms with van der Waals surface area (Å²) in [4.78, 5) is -5.08. The average Bonchev–Trinajstić information content (AvgIpc) is 2.28. The van der Waals surface area contributed by atoms with Gasteiger partial charge >= 0.3 is 48.5 Å². The molecular formula is C8F19N. The third-order valence-corrected chi connectivity index (χ3v) is 2.83. The quantitative estimate of drug-likeness (QED) is 0.360. The van der Waals surface area contributed by atoms with Gasteiger partial charge in [-0.2, -0.15) is 74.6 Å². The lowest BCUT2D eigenvalue weighted by Crippen LogP contribution is -2.83. The lowest BCUT2D eigenvalue weighted by molar-refractivity contribution is -0.519. The fourth-order valence-corrected chi connectivity index (χ4v) is 1.73. The average molecular weight is 471 g/mol. The Labute approximate surface area is 138 Å². The predicted octanol–water partition coefficient (Wildman–Crippen LogP) is 6.02. The highest BCUT2D eigenvalue weighted by Gasteiger charge is 2.97. The summed E-state index contributed by atoms with van der Waals surface area (Å²) >= 11 is 0. The van der Waals surface area contributed by atoms with E-state index >= 15 is 0 Å². The molecule has 0 aliphatic carbocycles. The largest absolute Gasteiger partial charge is 0.470 e. The Morgan fingerprint density at radius 3 is 0.750 bits per heavy atom. The van der Waals surface area contributed by atoms with E-state index in [2.05, 4.69) is 0 Å². The molecule has 1 nitrogen and oxygen atoms in total. The highest BCUT2D eigenvalue weighted by molar-refractivity contribution is 5.18. The molecule has 20 heteroatoms. The molecule has 28 heavy (non-hydrogen) atoms.